The number of rotatable bonds is 11. The summed E-state index contributed by atoms with van der Waals surface area (Å²) in [5.41, 5.74) is 0. The Morgan fingerprint density at radius 3 is 1.89 bits per heavy atom. The second kappa shape index (κ2) is 11.3. The molecule has 1 rings (SSSR count). The van der Waals surface area contributed by atoms with Crippen molar-refractivity contribution in [2.24, 2.45) is 0 Å². The normalized spacial score (nSPS) is 10.6. The zero-order valence-electron chi connectivity index (χ0n) is 12.2. The molecule has 1 nitrogen and oxygen atoms in total. The summed E-state index contributed by atoms with van der Waals surface area (Å²) in [6, 6.07) is 8.06. The molecule has 0 spiro atoms. The smallest absolute Gasteiger partial charge is 0.119 e. The van der Waals surface area contributed by atoms with Gasteiger partial charge in [-0.2, -0.15) is 0 Å². The summed E-state index contributed by atoms with van der Waals surface area (Å²) in [6.07, 6.45) is 12.2. The zero-order chi connectivity index (χ0) is 13.8. The van der Waals surface area contributed by atoms with Crippen LogP contribution >= 0.6 is 15.9 Å². The lowest BCUT2D eigenvalue weighted by Crippen LogP contribution is -1.97. The third kappa shape index (κ3) is 9.10. The molecule has 0 fully saturated rings. The Labute approximate surface area is 126 Å². The van der Waals surface area contributed by atoms with Crippen molar-refractivity contribution >= 4 is 15.9 Å². The highest BCUT2D eigenvalue weighted by molar-refractivity contribution is 9.10. The molecule has 0 aliphatic carbocycles. The van der Waals surface area contributed by atoms with Crippen molar-refractivity contribution in [2.45, 2.75) is 64.7 Å². The highest BCUT2D eigenvalue weighted by Crippen LogP contribution is 2.16. The molecule has 0 aliphatic heterocycles. The molecule has 0 N–H and O–H groups in total. The highest BCUT2D eigenvalue weighted by atomic mass is 79.9. The van der Waals surface area contributed by atoms with Gasteiger partial charge in [-0.3, -0.25) is 0 Å². The Morgan fingerprint density at radius 1 is 0.789 bits per heavy atom. The van der Waals surface area contributed by atoms with E-state index in [1.165, 1.54) is 57.8 Å². The summed E-state index contributed by atoms with van der Waals surface area (Å²) >= 11 is 3.42. The predicted octanol–water partition coefficient (Wildman–Crippen LogP) is 6.36. The molecular weight excluding hydrogens is 300 g/mol. The van der Waals surface area contributed by atoms with Crippen molar-refractivity contribution < 1.29 is 4.74 Å². The minimum atomic E-state index is 0.845. The third-order valence-corrected chi connectivity index (χ3v) is 3.86. The Bertz CT molecular complexity index is 308. The minimum absolute atomic E-state index is 0.845. The van der Waals surface area contributed by atoms with Gasteiger partial charge >= 0.3 is 0 Å². The molecule has 1 aromatic carbocycles. The number of hydrogen-bond donors (Lipinski definition) is 0. The second-order valence-corrected chi connectivity index (χ2v) is 6.05. The van der Waals surface area contributed by atoms with Crippen molar-refractivity contribution in [3.05, 3.63) is 28.7 Å². The van der Waals surface area contributed by atoms with Crippen molar-refractivity contribution in [1.29, 1.82) is 0 Å². The first kappa shape index (κ1) is 16.6. The molecule has 19 heavy (non-hydrogen) atoms. The van der Waals surface area contributed by atoms with Crippen LogP contribution < -0.4 is 4.74 Å². The standard InChI is InChI=1S/C17H27BrO/c1-2-3-4-5-6-7-8-9-10-15-19-17-13-11-16(18)12-14-17/h11-14H,2-10,15H2,1H3. The average Bonchev–Trinajstić information content (AvgIpc) is 2.43. The quantitative estimate of drug-likeness (QED) is 0.430. The van der Waals surface area contributed by atoms with Crippen LogP contribution in [0, 0.1) is 0 Å². The van der Waals surface area contributed by atoms with E-state index in [1.54, 1.807) is 0 Å². The molecule has 0 bridgehead atoms. The summed E-state index contributed by atoms with van der Waals surface area (Å²) in [5, 5.41) is 0. The number of ether oxygens (including phenoxy) is 1. The predicted molar refractivity (Wildman–Crippen MR) is 86.9 cm³/mol. The van der Waals surface area contributed by atoms with Crippen molar-refractivity contribution in [3.63, 3.8) is 0 Å². The molecule has 0 aromatic heterocycles. The van der Waals surface area contributed by atoms with Gasteiger partial charge in [-0.05, 0) is 30.7 Å². The van der Waals surface area contributed by atoms with Gasteiger partial charge < -0.3 is 4.74 Å². The van der Waals surface area contributed by atoms with Crippen molar-refractivity contribution in [3.8, 4) is 5.75 Å². The maximum Gasteiger partial charge on any atom is 0.119 e. The lowest BCUT2D eigenvalue weighted by atomic mass is 10.1. The summed E-state index contributed by atoms with van der Waals surface area (Å²) in [5.74, 6) is 0.975. The monoisotopic (exact) mass is 326 g/mol. The van der Waals surface area contributed by atoms with Gasteiger partial charge in [-0.25, -0.2) is 0 Å². The lowest BCUT2D eigenvalue weighted by molar-refractivity contribution is 0.304. The maximum atomic E-state index is 5.70. The first-order chi connectivity index (χ1) is 9.33. The third-order valence-electron chi connectivity index (χ3n) is 3.33. The van der Waals surface area contributed by atoms with E-state index in [4.69, 9.17) is 4.74 Å². The van der Waals surface area contributed by atoms with Crippen molar-refractivity contribution in [1.82, 2.24) is 0 Å². The van der Waals surface area contributed by atoms with E-state index >= 15 is 0 Å². The van der Waals surface area contributed by atoms with Gasteiger partial charge in [0.25, 0.3) is 0 Å². The molecule has 0 radical (unpaired) electrons. The van der Waals surface area contributed by atoms with Gasteiger partial charge in [0.2, 0.25) is 0 Å². The van der Waals surface area contributed by atoms with E-state index < -0.39 is 0 Å². The van der Waals surface area contributed by atoms with Crippen LogP contribution in [0.2, 0.25) is 0 Å². The number of benzene rings is 1. The molecule has 108 valence electrons. The van der Waals surface area contributed by atoms with Gasteiger partial charge in [-0.1, -0.05) is 74.2 Å². The number of hydrogen-bond acceptors (Lipinski definition) is 1. The molecule has 1 aromatic rings. The molecule has 2 heteroatoms. The highest BCUT2D eigenvalue weighted by Gasteiger charge is 1.95. The Kier molecular flexibility index (Phi) is 9.88. The first-order valence-electron chi connectivity index (χ1n) is 7.71. The van der Waals surface area contributed by atoms with Crippen LogP contribution in [0.25, 0.3) is 0 Å². The number of halogens is 1. The van der Waals surface area contributed by atoms with E-state index in [0.717, 1.165) is 16.8 Å². The molecule has 0 atom stereocenters. The Morgan fingerprint density at radius 2 is 1.32 bits per heavy atom. The van der Waals surface area contributed by atoms with Crippen LogP contribution in [-0.4, -0.2) is 6.61 Å². The molecule has 0 unspecified atom stereocenters. The van der Waals surface area contributed by atoms with E-state index in [2.05, 4.69) is 22.9 Å². The Hall–Kier alpha value is -0.500. The molecular formula is C17H27BrO. The summed E-state index contributed by atoms with van der Waals surface area (Å²) in [7, 11) is 0. The SMILES string of the molecule is CCCCCCCCCCCOc1ccc(Br)cc1. The fraction of sp³-hybridized carbons (Fsp3) is 0.647. The van der Waals surface area contributed by atoms with E-state index in [1.807, 2.05) is 24.3 Å². The zero-order valence-corrected chi connectivity index (χ0v) is 13.8. The van der Waals surface area contributed by atoms with Gasteiger partial charge in [0, 0.05) is 4.47 Å². The second-order valence-electron chi connectivity index (χ2n) is 5.13. The van der Waals surface area contributed by atoms with E-state index in [-0.39, 0.29) is 0 Å². The fourth-order valence-electron chi connectivity index (χ4n) is 2.13. The van der Waals surface area contributed by atoms with Gasteiger partial charge in [0.05, 0.1) is 6.61 Å². The van der Waals surface area contributed by atoms with Gasteiger partial charge in [0.15, 0.2) is 0 Å². The van der Waals surface area contributed by atoms with Gasteiger partial charge in [0.1, 0.15) is 5.75 Å². The Balaban J connectivity index is 1.87. The number of unbranched alkanes of at least 4 members (excludes halogenated alkanes) is 8. The van der Waals surface area contributed by atoms with Crippen LogP contribution in [0.5, 0.6) is 5.75 Å². The van der Waals surface area contributed by atoms with Crippen LogP contribution in [0.4, 0.5) is 0 Å². The van der Waals surface area contributed by atoms with Crippen molar-refractivity contribution in [2.75, 3.05) is 6.61 Å². The molecule has 0 saturated carbocycles. The largest absolute Gasteiger partial charge is 0.494 e. The van der Waals surface area contributed by atoms with Crippen LogP contribution in [0.1, 0.15) is 64.7 Å². The molecule has 0 aliphatic rings. The molecule has 0 amide bonds. The first-order valence-corrected chi connectivity index (χ1v) is 8.50. The maximum absolute atomic E-state index is 5.70. The summed E-state index contributed by atoms with van der Waals surface area (Å²) in [4.78, 5) is 0. The van der Waals surface area contributed by atoms with Crippen LogP contribution in [0.15, 0.2) is 28.7 Å². The van der Waals surface area contributed by atoms with E-state index in [0.29, 0.717) is 0 Å². The molecule has 0 heterocycles. The van der Waals surface area contributed by atoms with Gasteiger partial charge in [-0.15, -0.1) is 0 Å². The van der Waals surface area contributed by atoms with Crippen LogP contribution in [-0.2, 0) is 0 Å². The fourth-order valence-corrected chi connectivity index (χ4v) is 2.40. The summed E-state index contributed by atoms with van der Waals surface area (Å²) in [6.45, 7) is 3.11. The lowest BCUT2D eigenvalue weighted by Gasteiger charge is -2.06. The van der Waals surface area contributed by atoms with Crippen LogP contribution in [0.3, 0.4) is 0 Å². The average molecular weight is 327 g/mol. The minimum Gasteiger partial charge on any atom is -0.494 e. The molecule has 0 saturated heterocycles. The topological polar surface area (TPSA) is 9.23 Å². The summed E-state index contributed by atoms with van der Waals surface area (Å²) < 4.78 is 6.80. The van der Waals surface area contributed by atoms with E-state index in [9.17, 15) is 0 Å².